The molecular weight excluding hydrogens is 328 g/mol. The lowest BCUT2D eigenvalue weighted by Crippen LogP contribution is -2.40. The molecule has 5 heteroatoms. The zero-order valence-electron chi connectivity index (χ0n) is 15.3. The van der Waals surface area contributed by atoms with Crippen LogP contribution in [0.2, 0.25) is 0 Å². The highest BCUT2D eigenvalue weighted by molar-refractivity contribution is 5.76. The second-order valence-corrected chi connectivity index (χ2v) is 7.04. The maximum absolute atomic E-state index is 12.1. The van der Waals surface area contributed by atoms with Crippen molar-refractivity contribution in [2.45, 2.75) is 44.8 Å². The maximum atomic E-state index is 12.1. The predicted octanol–water partition coefficient (Wildman–Crippen LogP) is 3.87. The maximum Gasteiger partial charge on any atom is 0.325 e. The van der Waals surface area contributed by atoms with Crippen LogP contribution in [-0.4, -0.2) is 40.2 Å². The second kappa shape index (κ2) is 8.32. The SMILES string of the molecule is CC(C)Oc1ccccc1[C@@H](C(=O)O)N1CCC(c2ccncc2)CC1. The van der Waals surface area contributed by atoms with Gasteiger partial charge in [0.2, 0.25) is 0 Å². The molecule has 1 N–H and O–H groups in total. The molecule has 26 heavy (non-hydrogen) atoms. The van der Waals surface area contributed by atoms with Crippen LogP contribution in [0.5, 0.6) is 5.75 Å². The van der Waals surface area contributed by atoms with E-state index in [0.29, 0.717) is 11.7 Å². The highest BCUT2D eigenvalue weighted by Crippen LogP contribution is 2.35. The Labute approximate surface area is 154 Å². The number of hydrogen-bond donors (Lipinski definition) is 1. The van der Waals surface area contributed by atoms with Gasteiger partial charge in [0.25, 0.3) is 0 Å². The summed E-state index contributed by atoms with van der Waals surface area (Å²) in [5.41, 5.74) is 2.02. The van der Waals surface area contributed by atoms with Crippen molar-refractivity contribution in [2.24, 2.45) is 0 Å². The minimum atomic E-state index is -0.827. The summed E-state index contributed by atoms with van der Waals surface area (Å²) in [5, 5.41) is 9.91. The number of piperidine rings is 1. The molecular formula is C21H26N2O3. The van der Waals surface area contributed by atoms with Crippen molar-refractivity contribution >= 4 is 5.97 Å². The largest absolute Gasteiger partial charge is 0.491 e. The standard InChI is InChI=1S/C21H26N2O3/c1-15(2)26-19-6-4-3-5-18(19)20(21(24)25)23-13-9-17(10-14-23)16-7-11-22-12-8-16/h3-8,11-12,15,17,20H,9-10,13-14H2,1-2H3,(H,24,25)/t20-/m0/s1. The lowest BCUT2D eigenvalue weighted by atomic mass is 9.88. The van der Waals surface area contributed by atoms with Gasteiger partial charge < -0.3 is 9.84 Å². The normalized spacial score (nSPS) is 17.2. The summed E-state index contributed by atoms with van der Waals surface area (Å²) >= 11 is 0. The van der Waals surface area contributed by atoms with Crippen LogP contribution < -0.4 is 4.74 Å². The molecule has 1 aromatic heterocycles. The van der Waals surface area contributed by atoms with Gasteiger partial charge in [-0.15, -0.1) is 0 Å². The van der Waals surface area contributed by atoms with Crippen LogP contribution >= 0.6 is 0 Å². The zero-order chi connectivity index (χ0) is 18.5. The van der Waals surface area contributed by atoms with Crippen LogP contribution in [0.4, 0.5) is 0 Å². The number of carboxylic acids is 1. The Morgan fingerprint density at radius 1 is 1.15 bits per heavy atom. The fourth-order valence-electron chi connectivity index (χ4n) is 3.68. The zero-order valence-corrected chi connectivity index (χ0v) is 15.3. The molecule has 2 heterocycles. The third-order valence-electron chi connectivity index (χ3n) is 4.88. The Bertz CT molecular complexity index is 725. The monoisotopic (exact) mass is 354 g/mol. The smallest absolute Gasteiger partial charge is 0.325 e. The van der Waals surface area contributed by atoms with Crippen LogP contribution in [0.15, 0.2) is 48.8 Å². The Morgan fingerprint density at radius 3 is 2.42 bits per heavy atom. The molecule has 0 amide bonds. The van der Waals surface area contributed by atoms with E-state index >= 15 is 0 Å². The van der Waals surface area contributed by atoms with Crippen molar-refractivity contribution in [1.29, 1.82) is 0 Å². The number of nitrogens with zero attached hydrogens (tertiary/aromatic N) is 2. The lowest BCUT2D eigenvalue weighted by Gasteiger charge is -2.36. The summed E-state index contributed by atoms with van der Waals surface area (Å²) in [4.78, 5) is 18.2. The summed E-state index contributed by atoms with van der Waals surface area (Å²) in [6.45, 7) is 5.40. The van der Waals surface area contributed by atoms with E-state index in [9.17, 15) is 9.90 Å². The van der Waals surface area contributed by atoms with Gasteiger partial charge in [-0.25, -0.2) is 0 Å². The number of ether oxygens (including phenoxy) is 1. The quantitative estimate of drug-likeness (QED) is 0.853. The molecule has 5 nitrogen and oxygen atoms in total. The van der Waals surface area contributed by atoms with Crippen LogP contribution in [0.1, 0.15) is 49.8 Å². The van der Waals surface area contributed by atoms with E-state index in [-0.39, 0.29) is 6.10 Å². The van der Waals surface area contributed by atoms with Crippen LogP contribution in [0, 0.1) is 0 Å². The van der Waals surface area contributed by atoms with E-state index in [1.54, 1.807) is 0 Å². The molecule has 0 aliphatic carbocycles. The Morgan fingerprint density at radius 2 is 1.81 bits per heavy atom. The van der Waals surface area contributed by atoms with Crippen LogP contribution in [-0.2, 0) is 4.79 Å². The average Bonchev–Trinajstić information content (AvgIpc) is 2.64. The van der Waals surface area contributed by atoms with Gasteiger partial charge >= 0.3 is 5.97 Å². The van der Waals surface area contributed by atoms with Crippen molar-refractivity contribution in [3.8, 4) is 5.75 Å². The number of carbonyl (C=O) groups is 1. The summed E-state index contributed by atoms with van der Waals surface area (Å²) < 4.78 is 5.86. The van der Waals surface area contributed by atoms with Gasteiger partial charge in [-0.2, -0.15) is 0 Å². The van der Waals surface area contributed by atoms with E-state index in [4.69, 9.17) is 4.74 Å². The highest BCUT2D eigenvalue weighted by Gasteiger charge is 2.33. The van der Waals surface area contributed by atoms with Gasteiger partial charge in [0, 0.05) is 18.0 Å². The number of benzene rings is 1. The van der Waals surface area contributed by atoms with Crippen molar-refractivity contribution in [3.63, 3.8) is 0 Å². The van der Waals surface area contributed by atoms with Gasteiger partial charge in [0.15, 0.2) is 0 Å². The Hall–Kier alpha value is -2.40. The van der Waals surface area contributed by atoms with Gasteiger partial charge in [-0.1, -0.05) is 18.2 Å². The van der Waals surface area contributed by atoms with Gasteiger partial charge in [-0.05, 0) is 69.5 Å². The summed E-state index contributed by atoms with van der Waals surface area (Å²) in [7, 11) is 0. The highest BCUT2D eigenvalue weighted by atomic mass is 16.5. The molecule has 0 saturated carbocycles. The minimum Gasteiger partial charge on any atom is -0.491 e. The molecule has 0 spiro atoms. The molecule has 138 valence electrons. The topological polar surface area (TPSA) is 62.7 Å². The van der Waals surface area contributed by atoms with Gasteiger partial charge in [0.1, 0.15) is 11.8 Å². The molecule has 2 aromatic rings. The molecule has 1 saturated heterocycles. The number of pyridine rings is 1. The number of aromatic nitrogens is 1. The third-order valence-corrected chi connectivity index (χ3v) is 4.88. The summed E-state index contributed by atoms with van der Waals surface area (Å²) in [6, 6.07) is 10.9. The Balaban J connectivity index is 1.77. The van der Waals surface area contributed by atoms with Gasteiger partial charge in [0.05, 0.1) is 6.10 Å². The van der Waals surface area contributed by atoms with Gasteiger partial charge in [-0.3, -0.25) is 14.7 Å². The van der Waals surface area contributed by atoms with E-state index in [0.717, 1.165) is 31.5 Å². The second-order valence-electron chi connectivity index (χ2n) is 7.04. The predicted molar refractivity (Wildman–Crippen MR) is 100 cm³/mol. The van der Waals surface area contributed by atoms with E-state index in [1.165, 1.54) is 5.56 Å². The summed E-state index contributed by atoms with van der Waals surface area (Å²) in [5.74, 6) is 0.296. The number of aliphatic carboxylic acids is 1. The number of likely N-dealkylation sites (tertiary alicyclic amines) is 1. The van der Waals surface area contributed by atoms with Crippen molar-refractivity contribution < 1.29 is 14.6 Å². The van der Waals surface area contributed by atoms with E-state index < -0.39 is 12.0 Å². The third kappa shape index (κ3) is 4.22. The van der Waals surface area contributed by atoms with Crippen LogP contribution in [0.3, 0.4) is 0 Å². The minimum absolute atomic E-state index is 0.00280. The summed E-state index contributed by atoms with van der Waals surface area (Å²) in [6.07, 6.45) is 5.54. The fourth-order valence-corrected chi connectivity index (χ4v) is 3.68. The molecule has 3 rings (SSSR count). The Kier molecular flexibility index (Phi) is 5.89. The van der Waals surface area contributed by atoms with Crippen molar-refractivity contribution in [2.75, 3.05) is 13.1 Å². The molecule has 0 radical (unpaired) electrons. The van der Waals surface area contributed by atoms with Crippen molar-refractivity contribution in [3.05, 3.63) is 59.9 Å². The molecule has 1 fully saturated rings. The van der Waals surface area contributed by atoms with E-state index in [2.05, 4.69) is 22.0 Å². The van der Waals surface area contributed by atoms with E-state index in [1.807, 2.05) is 50.5 Å². The first kappa shape index (κ1) is 18.4. The molecule has 1 aliphatic rings. The lowest BCUT2D eigenvalue weighted by molar-refractivity contribution is -0.144. The molecule has 0 unspecified atom stereocenters. The number of rotatable bonds is 6. The van der Waals surface area contributed by atoms with Crippen LogP contribution in [0.25, 0.3) is 0 Å². The average molecular weight is 354 g/mol. The first-order valence-corrected chi connectivity index (χ1v) is 9.18. The molecule has 1 atom stereocenters. The first-order chi connectivity index (χ1) is 12.6. The fraction of sp³-hybridized carbons (Fsp3) is 0.429. The first-order valence-electron chi connectivity index (χ1n) is 9.18. The molecule has 1 aromatic carbocycles. The number of para-hydroxylation sites is 1. The number of hydrogen-bond acceptors (Lipinski definition) is 4. The molecule has 0 bridgehead atoms. The molecule has 1 aliphatic heterocycles. The number of carboxylic acid groups (broad SMARTS) is 1. The van der Waals surface area contributed by atoms with Crippen molar-refractivity contribution in [1.82, 2.24) is 9.88 Å².